The van der Waals surface area contributed by atoms with Gasteiger partial charge in [0, 0.05) is 17.0 Å². The molecule has 22 heavy (non-hydrogen) atoms. The van der Waals surface area contributed by atoms with Crippen molar-refractivity contribution < 1.29 is 0 Å². The largest absolute Gasteiger partial charge is 0.338 e. The van der Waals surface area contributed by atoms with Crippen LogP contribution in [0.3, 0.4) is 0 Å². The van der Waals surface area contributed by atoms with Gasteiger partial charge in [-0.2, -0.15) is 4.98 Å². The number of hydrogen-bond acceptors (Lipinski definition) is 4. The molecule has 2 aromatic heterocycles. The zero-order chi connectivity index (χ0) is 14.9. The Balaban J connectivity index is 1.90. The molecule has 0 aliphatic carbocycles. The maximum atomic E-state index is 6.03. The highest BCUT2D eigenvalue weighted by Gasteiger charge is 2.08. The van der Waals surface area contributed by atoms with E-state index in [9.17, 15) is 0 Å². The van der Waals surface area contributed by atoms with Crippen molar-refractivity contribution in [1.29, 1.82) is 0 Å². The molecule has 0 bridgehead atoms. The first kappa shape index (κ1) is 13.0. The van der Waals surface area contributed by atoms with Crippen molar-refractivity contribution in [3.8, 4) is 0 Å². The lowest BCUT2D eigenvalue weighted by molar-refractivity contribution is 1.22. The maximum absolute atomic E-state index is 6.03. The van der Waals surface area contributed by atoms with Gasteiger partial charge < -0.3 is 5.32 Å². The van der Waals surface area contributed by atoms with Crippen molar-refractivity contribution in [3.05, 3.63) is 66.1 Å². The monoisotopic (exact) mass is 306 g/mol. The van der Waals surface area contributed by atoms with Crippen LogP contribution >= 0.6 is 11.6 Å². The molecular weight excluding hydrogens is 296 g/mol. The van der Waals surface area contributed by atoms with E-state index in [1.165, 1.54) is 0 Å². The quantitative estimate of drug-likeness (QED) is 0.551. The first-order chi connectivity index (χ1) is 10.8. The highest BCUT2D eigenvalue weighted by atomic mass is 35.5. The first-order valence-electron chi connectivity index (χ1n) is 6.84. The summed E-state index contributed by atoms with van der Waals surface area (Å²) in [5, 5.41) is 5.53. The molecule has 0 saturated heterocycles. The van der Waals surface area contributed by atoms with Crippen LogP contribution < -0.4 is 5.32 Å². The summed E-state index contributed by atoms with van der Waals surface area (Å²) in [4.78, 5) is 13.0. The summed E-state index contributed by atoms with van der Waals surface area (Å²) in [6, 6.07) is 17.7. The third-order valence-electron chi connectivity index (χ3n) is 3.46. The minimum atomic E-state index is 0.217. The number of benzene rings is 2. The molecule has 0 saturated carbocycles. The summed E-state index contributed by atoms with van der Waals surface area (Å²) in [5.41, 5.74) is 2.58. The van der Waals surface area contributed by atoms with Gasteiger partial charge in [-0.3, -0.25) is 4.98 Å². The van der Waals surface area contributed by atoms with E-state index in [0.717, 1.165) is 27.5 Å². The molecule has 2 aromatic carbocycles. The van der Waals surface area contributed by atoms with E-state index >= 15 is 0 Å². The van der Waals surface area contributed by atoms with Crippen LogP contribution in [0, 0.1) is 0 Å². The fraction of sp³-hybridized carbons (Fsp3) is 0. The highest BCUT2D eigenvalue weighted by molar-refractivity contribution is 6.28. The number of nitrogens with one attached hydrogen (secondary N) is 1. The Hall–Kier alpha value is -2.72. The predicted molar refractivity (Wildman–Crippen MR) is 89.6 cm³/mol. The van der Waals surface area contributed by atoms with E-state index in [4.69, 9.17) is 11.6 Å². The third-order valence-corrected chi connectivity index (χ3v) is 3.63. The van der Waals surface area contributed by atoms with E-state index < -0.39 is 0 Å². The summed E-state index contributed by atoms with van der Waals surface area (Å²) >= 11 is 6.03. The van der Waals surface area contributed by atoms with Crippen LogP contribution in [0.2, 0.25) is 5.28 Å². The molecule has 4 rings (SSSR count). The Kier molecular flexibility index (Phi) is 3.09. The summed E-state index contributed by atoms with van der Waals surface area (Å²) in [6.45, 7) is 0. The van der Waals surface area contributed by atoms with Gasteiger partial charge in [0.05, 0.1) is 16.7 Å². The van der Waals surface area contributed by atoms with Crippen molar-refractivity contribution in [2.24, 2.45) is 0 Å². The summed E-state index contributed by atoms with van der Waals surface area (Å²) in [5.74, 6) is 0.675. The standard InChI is InChI=1S/C17H11ClN4/c18-17-21-13-8-2-1-7-12(13)16(22-17)20-14-9-3-5-11-6-4-10-19-15(11)14/h1-10H,(H,20,21,22). The highest BCUT2D eigenvalue weighted by Crippen LogP contribution is 2.28. The Morgan fingerprint density at radius 2 is 1.73 bits per heavy atom. The van der Waals surface area contributed by atoms with Gasteiger partial charge in [-0.05, 0) is 35.9 Å². The molecule has 0 aliphatic rings. The number of aromatic nitrogens is 3. The third kappa shape index (κ3) is 2.23. The zero-order valence-electron chi connectivity index (χ0n) is 11.5. The molecule has 5 heteroatoms. The van der Waals surface area contributed by atoms with Crippen molar-refractivity contribution in [3.63, 3.8) is 0 Å². The van der Waals surface area contributed by atoms with Crippen LogP contribution in [-0.2, 0) is 0 Å². The fourth-order valence-corrected chi connectivity index (χ4v) is 2.65. The van der Waals surface area contributed by atoms with Gasteiger partial charge in [-0.1, -0.05) is 30.3 Å². The number of pyridine rings is 1. The number of rotatable bonds is 2. The predicted octanol–water partition coefficient (Wildman–Crippen LogP) is 4.58. The number of fused-ring (bicyclic) bond motifs is 2. The van der Waals surface area contributed by atoms with Gasteiger partial charge in [0.25, 0.3) is 0 Å². The molecule has 1 N–H and O–H groups in total. The van der Waals surface area contributed by atoms with E-state index in [-0.39, 0.29) is 5.28 Å². The van der Waals surface area contributed by atoms with E-state index in [0.29, 0.717) is 5.82 Å². The zero-order valence-corrected chi connectivity index (χ0v) is 12.2. The number of halogens is 1. The Bertz CT molecular complexity index is 979. The molecule has 0 atom stereocenters. The molecule has 0 unspecified atom stereocenters. The molecule has 2 heterocycles. The minimum Gasteiger partial charge on any atom is -0.338 e. The molecule has 0 amide bonds. The SMILES string of the molecule is Clc1nc(Nc2cccc3cccnc23)c2ccccc2n1. The number of hydrogen-bond donors (Lipinski definition) is 1. The topological polar surface area (TPSA) is 50.7 Å². The average molecular weight is 307 g/mol. The molecule has 0 radical (unpaired) electrons. The first-order valence-corrected chi connectivity index (χ1v) is 7.22. The van der Waals surface area contributed by atoms with Gasteiger partial charge >= 0.3 is 0 Å². The second-order valence-electron chi connectivity index (χ2n) is 4.86. The number of anilines is 2. The van der Waals surface area contributed by atoms with Gasteiger partial charge in [0.2, 0.25) is 5.28 Å². The van der Waals surface area contributed by atoms with Crippen LogP contribution in [0.25, 0.3) is 21.8 Å². The van der Waals surface area contributed by atoms with E-state index in [1.54, 1.807) is 6.20 Å². The summed E-state index contributed by atoms with van der Waals surface area (Å²) in [6.07, 6.45) is 1.78. The van der Waals surface area contributed by atoms with Crippen LogP contribution in [-0.4, -0.2) is 15.0 Å². The van der Waals surface area contributed by atoms with Crippen molar-refractivity contribution >= 4 is 44.9 Å². The Morgan fingerprint density at radius 3 is 2.68 bits per heavy atom. The summed E-state index contributed by atoms with van der Waals surface area (Å²) in [7, 11) is 0. The summed E-state index contributed by atoms with van der Waals surface area (Å²) < 4.78 is 0. The molecule has 0 fully saturated rings. The van der Waals surface area contributed by atoms with Crippen molar-refractivity contribution in [2.75, 3.05) is 5.32 Å². The van der Waals surface area contributed by atoms with Crippen molar-refractivity contribution in [1.82, 2.24) is 15.0 Å². The van der Waals surface area contributed by atoms with Gasteiger partial charge in [0.15, 0.2) is 0 Å². The van der Waals surface area contributed by atoms with E-state index in [1.807, 2.05) is 54.6 Å². The van der Waals surface area contributed by atoms with Crippen molar-refractivity contribution in [2.45, 2.75) is 0 Å². The molecule has 4 nitrogen and oxygen atoms in total. The number of nitrogens with zero attached hydrogens (tertiary/aromatic N) is 3. The Labute approximate surface area is 131 Å². The van der Waals surface area contributed by atoms with Crippen LogP contribution in [0.5, 0.6) is 0 Å². The molecular formula is C17H11ClN4. The lowest BCUT2D eigenvalue weighted by Gasteiger charge is -2.10. The normalized spacial score (nSPS) is 11.0. The molecule has 106 valence electrons. The van der Waals surface area contributed by atoms with Crippen LogP contribution in [0.4, 0.5) is 11.5 Å². The average Bonchev–Trinajstić information content (AvgIpc) is 2.55. The number of para-hydroxylation sites is 2. The Morgan fingerprint density at radius 1 is 0.864 bits per heavy atom. The lowest BCUT2D eigenvalue weighted by Crippen LogP contribution is -1.98. The molecule has 0 spiro atoms. The second-order valence-corrected chi connectivity index (χ2v) is 5.20. The van der Waals surface area contributed by atoms with E-state index in [2.05, 4.69) is 20.3 Å². The minimum absolute atomic E-state index is 0.217. The second kappa shape index (κ2) is 5.24. The molecule has 0 aliphatic heterocycles. The lowest BCUT2D eigenvalue weighted by atomic mass is 10.2. The smallest absolute Gasteiger partial charge is 0.224 e. The fourth-order valence-electron chi connectivity index (χ4n) is 2.48. The molecule has 4 aromatic rings. The van der Waals surface area contributed by atoms with Gasteiger partial charge in [-0.25, -0.2) is 4.98 Å². The van der Waals surface area contributed by atoms with Crippen LogP contribution in [0.1, 0.15) is 0 Å². The van der Waals surface area contributed by atoms with Gasteiger partial charge in [0.1, 0.15) is 5.82 Å². The van der Waals surface area contributed by atoms with Gasteiger partial charge in [-0.15, -0.1) is 0 Å². The van der Waals surface area contributed by atoms with Crippen LogP contribution in [0.15, 0.2) is 60.8 Å². The maximum Gasteiger partial charge on any atom is 0.224 e.